The summed E-state index contributed by atoms with van der Waals surface area (Å²) >= 11 is 7.65. The summed E-state index contributed by atoms with van der Waals surface area (Å²) in [4.78, 5) is 59.6. The van der Waals surface area contributed by atoms with Crippen molar-refractivity contribution < 1.29 is 28.0 Å². The van der Waals surface area contributed by atoms with E-state index in [1.807, 2.05) is 0 Å². The molecule has 2 aliphatic heterocycles. The molecule has 0 bridgehead atoms. The number of hydrogen-bond donors (Lipinski definition) is 3. The van der Waals surface area contributed by atoms with Crippen LogP contribution in [0.25, 0.3) is 21.5 Å². The molecule has 41 heavy (non-hydrogen) atoms. The number of amides is 5. The van der Waals surface area contributed by atoms with Crippen LogP contribution in [0, 0.1) is 5.82 Å². The molecule has 5 amide bonds. The van der Waals surface area contributed by atoms with E-state index < -0.39 is 41.2 Å². The molecule has 2 aromatic heterocycles. The van der Waals surface area contributed by atoms with E-state index in [1.165, 1.54) is 34.8 Å². The molecular weight excluding hydrogens is 575 g/mol. The Morgan fingerprint density at radius 1 is 1.24 bits per heavy atom. The van der Waals surface area contributed by atoms with E-state index in [-0.39, 0.29) is 36.2 Å². The van der Waals surface area contributed by atoms with Crippen molar-refractivity contribution in [3.05, 3.63) is 63.8 Å². The summed E-state index contributed by atoms with van der Waals surface area (Å²) in [5, 5.41) is 8.62. The maximum absolute atomic E-state index is 15.5. The minimum absolute atomic E-state index is 0.0692. The van der Waals surface area contributed by atoms with E-state index in [2.05, 4.69) is 20.9 Å². The molecule has 0 spiro atoms. The first-order chi connectivity index (χ1) is 19.5. The zero-order valence-corrected chi connectivity index (χ0v) is 23.3. The lowest BCUT2D eigenvalue weighted by Crippen LogP contribution is -2.52. The zero-order valence-electron chi connectivity index (χ0n) is 21.7. The first-order valence-corrected chi connectivity index (χ1v) is 13.8. The summed E-state index contributed by atoms with van der Waals surface area (Å²) in [6, 6.07) is 4.65. The maximum atomic E-state index is 15.5. The van der Waals surface area contributed by atoms with Gasteiger partial charge in [-0.3, -0.25) is 19.7 Å². The van der Waals surface area contributed by atoms with Crippen LogP contribution in [0.2, 0.25) is 5.02 Å². The number of oxazole rings is 1. The molecule has 4 heterocycles. The number of imide groups is 1. The van der Waals surface area contributed by atoms with Gasteiger partial charge in [-0.05, 0) is 44.5 Å². The van der Waals surface area contributed by atoms with Crippen LogP contribution in [-0.2, 0) is 21.7 Å². The highest BCUT2D eigenvalue weighted by Gasteiger charge is 2.40. The Hall–Kier alpha value is -4.36. The summed E-state index contributed by atoms with van der Waals surface area (Å²) in [7, 11) is 0. The molecule has 0 radical (unpaired) electrons. The minimum atomic E-state index is -0.968. The second-order valence-corrected chi connectivity index (χ2v) is 11.7. The largest absolute Gasteiger partial charge is 0.443 e. The molecule has 2 aromatic carbocycles. The highest BCUT2D eigenvalue weighted by Crippen LogP contribution is 2.38. The van der Waals surface area contributed by atoms with Gasteiger partial charge in [0.25, 0.3) is 5.91 Å². The van der Waals surface area contributed by atoms with Crippen molar-refractivity contribution in [2.75, 3.05) is 5.32 Å². The molecule has 210 valence electrons. The molecule has 0 saturated carbocycles. The van der Waals surface area contributed by atoms with Crippen LogP contribution in [0.5, 0.6) is 0 Å². The number of nitrogens with one attached hydrogen (secondary N) is 3. The van der Waals surface area contributed by atoms with Gasteiger partial charge in [-0.2, -0.15) is 0 Å². The Labute approximate surface area is 241 Å². The number of piperidine rings is 1. The molecule has 1 atom stereocenters. The van der Waals surface area contributed by atoms with Gasteiger partial charge < -0.3 is 20.0 Å². The second kappa shape index (κ2) is 9.93. The van der Waals surface area contributed by atoms with Gasteiger partial charge in [-0.25, -0.2) is 19.2 Å². The highest BCUT2D eigenvalue weighted by atomic mass is 35.5. The van der Waals surface area contributed by atoms with Crippen molar-refractivity contribution in [1.82, 2.24) is 25.5 Å². The van der Waals surface area contributed by atoms with Crippen molar-refractivity contribution >= 4 is 62.6 Å². The van der Waals surface area contributed by atoms with E-state index in [4.69, 9.17) is 21.0 Å². The Balaban J connectivity index is 1.20. The predicted molar refractivity (Wildman–Crippen MR) is 148 cm³/mol. The third-order valence-electron chi connectivity index (χ3n) is 7.02. The molecule has 4 aromatic rings. The van der Waals surface area contributed by atoms with Crippen molar-refractivity contribution in [2.45, 2.75) is 44.8 Å². The van der Waals surface area contributed by atoms with Gasteiger partial charge in [0, 0.05) is 28.1 Å². The number of rotatable bonds is 5. The first-order valence-electron chi connectivity index (χ1n) is 12.6. The summed E-state index contributed by atoms with van der Waals surface area (Å²) in [5.74, 6) is -1.78. The number of anilines is 1. The average molecular weight is 597 g/mol. The standard InChI is InChI=1S/C27H22ClFN6O5S/c1-27(2,25-33-22-14(18-9-30-11-40-18)7-12(28)8-19(22)41-25)34-26(39)31-16-4-3-13-15(21(16)29)10-35(24(13)38)17-5-6-20(36)32-23(17)37/h3-4,7-9,11,17H,5-6,10H2,1-2H3,(H2,31,34,39)(H,32,36,37). The van der Waals surface area contributed by atoms with Gasteiger partial charge >= 0.3 is 6.03 Å². The van der Waals surface area contributed by atoms with Crippen molar-refractivity contribution in [1.29, 1.82) is 0 Å². The number of hydrogen-bond acceptors (Lipinski definition) is 8. The minimum Gasteiger partial charge on any atom is -0.443 e. The van der Waals surface area contributed by atoms with Crippen molar-refractivity contribution in [2.24, 2.45) is 0 Å². The normalized spacial score (nSPS) is 17.1. The van der Waals surface area contributed by atoms with Gasteiger partial charge in [0.2, 0.25) is 11.8 Å². The Morgan fingerprint density at radius 3 is 2.78 bits per heavy atom. The number of thiazole rings is 1. The number of carbonyl (C=O) groups is 4. The Morgan fingerprint density at radius 2 is 2.05 bits per heavy atom. The summed E-state index contributed by atoms with van der Waals surface area (Å²) in [6.45, 7) is 3.36. The third-order valence-corrected chi connectivity index (χ3v) is 8.56. The summed E-state index contributed by atoms with van der Waals surface area (Å²) in [5.41, 5.74) is 0.378. The van der Waals surface area contributed by atoms with E-state index in [1.54, 1.807) is 32.2 Å². The number of halogens is 2. The highest BCUT2D eigenvalue weighted by molar-refractivity contribution is 7.18. The number of carbonyl (C=O) groups excluding carboxylic acids is 4. The second-order valence-electron chi connectivity index (χ2n) is 10.2. The maximum Gasteiger partial charge on any atom is 0.320 e. The van der Waals surface area contributed by atoms with Crippen LogP contribution in [0.15, 0.2) is 41.3 Å². The Kier molecular flexibility index (Phi) is 6.50. The molecule has 11 nitrogen and oxygen atoms in total. The van der Waals surface area contributed by atoms with Crippen LogP contribution in [0.4, 0.5) is 14.9 Å². The zero-order chi connectivity index (χ0) is 29.1. The summed E-state index contributed by atoms with van der Waals surface area (Å²) in [6.07, 6.45) is 3.12. The van der Waals surface area contributed by atoms with E-state index in [0.29, 0.717) is 26.9 Å². The molecule has 0 aliphatic carbocycles. The van der Waals surface area contributed by atoms with E-state index in [0.717, 1.165) is 4.70 Å². The van der Waals surface area contributed by atoms with Gasteiger partial charge in [-0.15, -0.1) is 11.3 Å². The molecule has 3 N–H and O–H groups in total. The van der Waals surface area contributed by atoms with Crippen molar-refractivity contribution in [3.63, 3.8) is 0 Å². The quantitative estimate of drug-likeness (QED) is 0.286. The molecule has 1 unspecified atom stereocenters. The lowest BCUT2D eigenvalue weighted by Gasteiger charge is -2.29. The lowest BCUT2D eigenvalue weighted by molar-refractivity contribution is -0.136. The van der Waals surface area contributed by atoms with Gasteiger partial charge in [-0.1, -0.05) is 11.6 Å². The number of aromatic nitrogens is 2. The smallest absolute Gasteiger partial charge is 0.320 e. The fraction of sp³-hybridized carbons (Fsp3) is 0.259. The lowest BCUT2D eigenvalue weighted by atomic mass is 10.0. The predicted octanol–water partition coefficient (Wildman–Crippen LogP) is 4.56. The topological polar surface area (TPSA) is 147 Å². The van der Waals surface area contributed by atoms with Crippen LogP contribution in [0.3, 0.4) is 0 Å². The average Bonchev–Trinajstić information content (AvgIpc) is 3.65. The molecular formula is C27H22ClFN6O5S. The monoisotopic (exact) mass is 596 g/mol. The molecule has 14 heteroatoms. The Bertz CT molecular complexity index is 1750. The number of urea groups is 1. The van der Waals surface area contributed by atoms with Crippen LogP contribution >= 0.6 is 22.9 Å². The molecule has 1 saturated heterocycles. The summed E-state index contributed by atoms with van der Waals surface area (Å²) < 4.78 is 21.7. The van der Waals surface area contributed by atoms with Gasteiger partial charge in [0.15, 0.2) is 18.0 Å². The van der Waals surface area contributed by atoms with Crippen LogP contribution in [-0.4, -0.2) is 44.7 Å². The number of benzene rings is 2. The molecule has 1 fully saturated rings. The van der Waals surface area contributed by atoms with Crippen molar-refractivity contribution in [3.8, 4) is 11.3 Å². The van der Waals surface area contributed by atoms with Crippen LogP contribution < -0.4 is 16.0 Å². The molecule has 6 rings (SSSR count). The first kappa shape index (κ1) is 26.8. The van der Waals surface area contributed by atoms with Gasteiger partial charge in [0.05, 0.1) is 34.2 Å². The SMILES string of the molecule is CC(C)(NC(=O)Nc1ccc2c(c1F)CN(C1CCC(=O)NC1=O)C2=O)c1nc2c(-c3cnco3)cc(Cl)cc2s1. The fourth-order valence-electron chi connectivity index (χ4n) is 4.99. The molecule has 2 aliphatic rings. The number of nitrogens with zero attached hydrogens (tertiary/aromatic N) is 3. The van der Waals surface area contributed by atoms with E-state index >= 15 is 4.39 Å². The van der Waals surface area contributed by atoms with E-state index in [9.17, 15) is 19.2 Å². The van der Waals surface area contributed by atoms with Gasteiger partial charge in [0.1, 0.15) is 11.0 Å². The fourth-order valence-corrected chi connectivity index (χ4v) is 6.36. The number of fused-ring (bicyclic) bond motifs is 2. The third kappa shape index (κ3) is 4.80. The van der Waals surface area contributed by atoms with Crippen LogP contribution in [0.1, 0.15) is 47.6 Å².